The molecule has 0 unspecified atom stereocenters. The zero-order valence-electron chi connectivity index (χ0n) is 11.6. The molecule has 0 bridgehead atoms. The van der Waals surface area contributed by atoms with Gasteiger partial charge in [0.1, 0.15) is 12.4 Å². The summed E-state index contributed by atoms with van der Waals surface area (Å²) in [6.45, 7) is 1.01. The number of hydrogen-bond acceptors (Lipinski definition) is 2. The van der Waals surface area contributed by atoms with E-state index in [0.29, 0.717) is 18.7 Å². The van der Waals surface area contributed by atoms with Crippen LogP contribution in [0.2, 0.25) is 0 Å². The summed E-state index contributed by atoms with van der Waals surface area (Å²) in [5, 5.41) is 0. The van der Waals surface area contributed by atoms with E-state index in [4.69, 9.17) is 4.74 Å². The minimum atomic E-state index is 0.00538. The molecule has 5 heteroatoms. The highest BCUT2D eigenvalue weighted by Gasteiger charge is 2.11. The van der Waals surface area contributed by atoms with Crippen molar-refractivity contribution in [1.29, 1.82) is 0 Å². The van der Waals surface area contributed by atoms with E-state index >= 15 is 0 Å². The summed E-state index contributed by atoms with van der Waals surface area (Å²) in [5.74, 6) is 0.805. The van der Waals surface area contributed by atoms with E-state index in [-0.39, 0.29) is 5.91 Å². The van der Waals surface area contributed by atoms with Crippen molar-refractivity contribution < 1.29 is 9.53 Å². The van der Waals surface area contributed by atoms with Gasteiger partial charge in [0.2, 0.25) is 0 Å². The number of carbonyl (C=O) groups excluding carboxylic acids is 1. The number of halogens is 2. The molecule has 0 saturated heterocycles. The summed E-state index contributed by atoms with van der Waals surface area (Å²) in [6.07, 6.45) is 0. The van der Waals surface area contributed by atoms with Gasteiger partial charge in [-0.3, -0.25) is 4.79 Å². The smallest absolute Gasteiger partial charge is 0.253 e. The number of rotatable bonds is 5. The molecule has 0 atom stereocenters. The third-order valence-electron chi connectivity index (χ3n) is 2.95. The van der Waals surface area contributed by atoms with E-state index in [0.717, 1.165) is 13.8 Å². The van der Waals surface area contributed by atoms with E-state index < -0.39 is 0 Å². The van der Waals surface area contributed by atoms with Crippen LogP contribution in [0.4, 0.5) is 0 Å². The lowest BCUT2D eigenvalue weighted by Crippen LogP contribution is -2.30. The molecule has 0 fully saturated rings. The Morgan fingerprint density at radius 2 is 1.76 bits per heavy atom. The van der Waals surface area contributed by atoms with Crippen LogP contribution in [0, 0.1) is 3.57 Å². The molecule has 0 saturated carbocycles. The van der Waals surface area contributed by atoms with Gasteiger partial charge in [-0.05, 0) is 71.1 Å². The fourth-order valence-electron chi connectivity index (χ4n) is 1.75. The second-order valence-electron chi connectivity index (χ2n) is 4.54. The van der Waals surface area contributed by atoms with Crippen LogP contribution in [0.1, 0.15) is 10.4 Å². The molecule has 0 heterocycles. The van der Waals surface area contributed by atoms with Gasteiger partial charge in [0.05, 0.1) is 6.54 Å². The second kappa shape index (κ2) is 7.79. The number of benzene rings is 2. The van der Waals surface area contributed by atoms with Crippen LogP contribution >= 0.6 is 38.5 Å². The molecule has 2 aromatic rings. The predicted molar refractivity (Wildman–Crippen MR) is 95.8 cm³/mol. The van der Waals surface area contributed by atoms with E-state index in [1.807, 2.05) is 48.5 Å². The van der Waals surface area contributed by atoms with Gasteiger partial charge < -0.3 is 9.64 Å². The first-order chi connectivity index (χ1) is 10.1. The average molecular weight is 460 g/mol. The Morgan fingerprint density at radius 1 is 1.14 bits per heavy atom. The van der Waals surface area contributed by atoms with Crippen LogP contribution in [-0.2, 0) is 0 Å². The van der Waals surface area contributed by atoms with Crippen molar-refractivity contribution >= 4 is 44.4 Å². The average Bonchev–Trinajstić information content (AvgIpc) is 2.49. The van der Waals surface area contributed by atoms with Crippen molar-refractivity contribution in [2.75, 3.05) is 20.2 Å². The van der Waals surface area contributed by atoms with E-state index in [9.17, 15) is 4.79 Å². The molecular weight excluding hydrogens is 445 g/mol. The van der Waals surface area contributed by atoms with Gasteiger partial charge in [-0.25, -0.2) is 0 Å². The van der Waals surface area contributed by atoms with Gasteiger partial charge in [0.25, 0.3) is 5.91 Å². The predicted octanol–water partition coefficient (Wildman–Crippen LogP) is 4.20. The maximum Gasteiger partial charge on any atom is 0.253 e. The lowest BCUT2D eigenvalue weighted by molar-refractivity contribution is 0.0774. The molecule has 21 heavy (non-hydrogen) atoms. The van der Waals surface area contributed by atoms with E-state index in [1.165, 1.54) is 0 Å². The molecule has 0 aliphatic carbocycles. The normalized spacial score (nSPS) is 10.2. The number of hydrogen-bond donors (Lipinski definition) is 0. The Morgan fingerprint density at radius 3 is 2.38 bits per heavy atom. The second-order valence-corrected chi connectivity index (χ2v) is 6.70. The minimum Gasteiger partial charge on any atom is -0.492 e. The van der Waals surface area contributed by atoms with Crippen molar-refractivity contribution in [2.24, 2.45) is 0 Å². The number of nitrogens with zero attached hydrogens (tertiary/aromatic N) is 1. The molecule has 2 rings (SSSR count). The van der Waals surface area contributed by atoms with Gasteiger partial charge in [-0.15, -0.1) is 0 Å². The van der Waals surface area contributed by atoms with Crippen molar-refractivity contribution in [1.82, 2.24) is 4.90 Å². The standard InChI is InChI=1S/C16H15BrINO2/c1-19(16(20)12-2-6-14(18)7-3-12)10-11-21-15-8-4-13(17)5-9-15/h2-9H,10-11H2,1H3. The summed E-state index contributed by atoms with van der Waals surface area (Å²) in [4.78, 5) is 13.9. The van der Waals surface area contributed by atoms with Crippen LogP contribution in [0.15, 0.2) is 53.0 Å². The Kier molecular flexibility index (Phi) is 6.05. The van der Waals surface area contributed by atoms with E-state index in [2.05, 4.69) is 38.5 Å². The van der Waals surface area contributed by atoms with Gasteiger partial charge in [-0.1, -0.05) is 15.9 Å². The molecule has 0 radical (unpaired) electrons. The summed E-state index contributed by atoms with van der Waals surface area (Å²) in [7, 11) is 1.78. The van der Waals surface area contributed by atoms with Crippen LogP contribution < -0.4 is 4.74 Å². The van der Waals surface area contributed by atoms with Crippen molar-refractivity contribution in [3.8, 4) is 5.75 Å². The molecule has 1 amide bonds. The number of carbonyl (C=O) groups is 1. The topological polar surface area (TPSA) is 29.5 Å². The fourth-order valence-corrected chi connectivity index (χ4v) is 2.37. The Labute approximate surface area is 146 Å². The number of ether oxygens (including phenoxy) is 1. The van der Waals surface area contributed by atoms with E-state index in [1.54, 1.807) is 11.9 Å². The monoisotopic (exact) mass is 459 g/mol. The lowest BCUT2D eigenvalue weighted by Gasteiger charge is -2.17. The molecule has 2 aromatic carbocycles. The van der Waals surface area contributed by atoms with Gasteiger partial charge in [0, 0.05) is 20.7 Å². The molecule has 0 aliphatic heterocycles. The van der Waals surface area contributed by atoms with Gasteiger partial charge >= 0.3 is 0 Å². The third kappa shape index (κ3) is 5.00. The summed E-state index contributed by atoms with van der Waals surface area (Å²) < 4.78 is 7.75. The van der Waals surface area contributed by atoms with Crippen molar-refractivity contribution in [2.45, 2.75) is 0 Å². The molecule has 110 valence electrons. The summed E-state index contributed by atoms with van der Waals surface area (Å²) in [6, 6.07) is 15.2. The molecule has 0 N–H and O–H groups in total. The molecule has 0 aromatic heterocycles. The van der Waals surface area contributed by atoms with Gasteiger partial charge in [0.15, 0.2) is 0 Å². The SMILES string of the molecule is CN(CCOc1ccc(Br)cc1)C(=O)c1ccc(I)cc1. The number of amides is 1. The molecule has 3 nitrogen and oxygen atoms in total. The first-order valence-corrected chi connectivity index (χ1v) is 8.33. The molecule has 0 spiro atoms. The Bertz CT molecular complexity index is 599. The Hall–Kier alpha value is -1.08. The Balaban J connectivity index is 1.83. The maximum atomic E-state index is 12.2. The summed E-state index contributed by atoms with van der Waals surface area (Å²) in [5.41, 5.74) is 0.696. The van der Waals surface area contributed by atoms with Crippen LogP contribution in [-0.4, -0.2) is 31.0 Å². The van der Waals surface area contributed by atoms with Crippen LogP contribution in [0.25, 0.3) is 0 Å². The maximum absolute atomic E-state index is 12.2. The largest absolute Gasteiger partial charge is 0.492 e. The lowest BCUT2D eigenvalue weighted by atomic mass is 10.2. The van der Waals surface area contributed by atoms with Crippen molar-refractivity contribution in [3.05, 3.63) is 62.1 Å². The van der Waals surface area contributed by atoms with Crippen LogP contribution in [0.5, 0.6) is 5.75 Å². The zero-order chi connectivity index (χ0) is 15.2. The van der Waals surface area contributed by atoms with Crippen LogP contribution in [0.3, 0.4) is 0 Å². The highest BCUT2D eigenvalue weighted by atomic mass is 127. The highest BCUT2D eigenvalue weighted by Crippen LogP contribution is 2.16. The summed E-state index contributed by atoms with van der Waals surface area (Å²) >= 11 is 5.60. The van der Waals surface area contributed by atoms with Crippen molar-refractivity contribution in [3.63, 3.8) is 0 Å². The number of likely N-dealkylation sites (N-methyl/N-ethyl adjacent to an activating group) is 1. The highest BCUT2D eigenvalue weighted by molar-refractivity contribution is 14.1. The van der Waals surface area contributed by atoms with Gasteiger partial charge in [-0.2, -0.15) is 0 Å². The first kappa shape index (κ1) is 16.3. The quantitative estimate of drug-likeness (QED) is 0.627. The zero-order valence-corrected chi connectivity index (χ0v) is 15.3. The molecular formula is C16H15BrINO2. The third-order valence-corrected chi connectivity index (χ3v) is 4.19. The first-order valence-electron chi connectivity index (χ1n) is 6.45. The minimum absolute atomic E-state index is 0.00538. The fraction of sp³-hybridized carbons (Fsp3) is 0.188. The molecule has 0 aliphatic rings.